The van der Waals surface area contributed by atoms with Gasteiger partial charge in [-0.15, -0.1) is 0 Å². The number of hydrogen-bond donors (Lipinski definition) is 2. The largest absolute Gasteiger partial charge is 0.396 e. The van der Waals surface area contributed by atoms with Crippen LogP contribution in [-0.4, -0.2) is 31.0 Å². The summed E-state index contributed by atoms with van der Waals surface area (Å²) in [6.45, 7) is 3.75. The zero-order valence-electron chi connectivity index (χ0n) is 7.55. The van der Waals surface area contributed by atoms with Crippen LogP contribution >= 0.6 is 0 Å². The molecule has 70 valence electrons. The Balaban J connectivity index is 2.16. The van der Waals surface area contributed by atoms with E-state index < -0.39 is 0 Å². The van der Waals surface area contributed by atoms with Crippen molar-refractivity contribution in [2.45, 2.75) is 25.9 Å². The highest BCUT2D eigenvalue weighted by atomic mass is 16.5. The van der Waals surface area contributed by atoms with Crippen molar-refractivity contribution in [2.24, 2.45) is 16.6 Å². The van der Waals surface area contributed by atoms with Gasteiger partial charge in [-0.2, -0.15) is 0 Å². The van der Waals surface area contributed by atoms with E-state index in [4.69, 9.17) is 10.5 Å². The fraction of sp³-hybridized carbons (Fsp3) is 1.00. The molecule has 3 unspecified atom stereocenters. The number of aliphatic hydroxyl groups is 1. The van der Waals surface area contributed by atoms with Crippen LogP contribution in [0.15, 0.2) is 0 Å². The van der Waals surface area contributed by atoms with Gasteiger partial charge in [0.2, 0.25) is 0 Å². The molecule has 2 aliphatic rings. The molecule has 12 heavy (non-hydrogen) atoms. The van der Waals surface area contributed by atoms with Gasteiger partial charge < -0.3 is 15.6 Å². The molecule has 1 heterocycles. The molecule has 1 aliphatic heterocycles. The number of nitrogens with two attached hydrogens (primary N) is 1. The highest BCUT2D eigenvalue weighted by molar-refractivity contribution is 5.19. The SMILES string of the molecule is CC1OCCC12CC2(CN)CO. The van der Waals surface area contributed by atoms with Crippen molar-refractivity contribution in [3.8, 4) is 0 Å². The van der Waals surface area contributed by atoms with Crippen molar-refractivity contribution in [3.63, 3.8) is 0 Å². The van der Waals surface area contributed by atoms with Crippen LogP contribution in [0.2, 0.25) is 0 Å². The van der Waals surface area contributed by atoms with Crippen molar-refractivity contribution in [1.29, 1.82) is 0 Å². The molecule has 0 amide bonds. The van der Waals surface area contributed by atoms with Crippen molar-refractivity contribution in [1.82, 2.24) is 0 Å². The van der Waals surface area contributed by atoms with Gasteiger partial charge in [-0.1, -0.05) is 0 Å². The Bertz CT molecular complexity index is 191. The minimum absolute atomic E-state index is 0.0110. The maximum absolute atomic E-state index is 9.26. The summed E-state index contributed by atoms with van der Waals surface area (Å²) in [7, 11) is 0. The lowest BCUT2D eigenvalue weighted by atomic mass is 9.88. The topological polar surface area (TPSA) is 55.5 Å². The molecular formula is C9H17NO2. The maximum atomic E-state index is 9.26. The Labute approximate surface area is 72.9 Å². The van der Waals surface area contributed by atoms with E-state index in [1.54, 1.807) is 0 Å². The van der Waals surface area contributed by atoms with E-state index in [-0.39, 0.29) is 23.5 Å². The highest BCUT2D eigenvalue weighted by Gasteiger charge is 2.70. The summed E-state index contributed by atoms with van der Waals surface area (Å²) < 4.78 is 5.52. The number of rotatable bonds is 2. The van der Waals surface area contributed by atoms with E-state index in [0.29, 0.717) is 6.54 Å². The predicted molar refractivity (Wildman–Crippen MR) is 45.7 cm³/mol. The Morgan fingerprint density at radius 3 is 2.75 bits per heavy atom. The lowest BCUT2D eigenvalue weighted by molar-refractivity contribution is 0.0746. The van der Waals surface area contributed by atoms with Crippen LogP contribution < -0.4 is 5.73 Å². The minimum atomic E-state index is -0.0110. The number of ether oxygens (including phenoxy) is 1. The first-order valence-corrected chi connectivity index (χ1v) is 4.63. The third-order valence-corrected chi connectivity index (χ3v) is 3.97. The van der Waals surface area contributed by atoms with E-state index in [1.165, 1.54) is 0 Å². The molecule has 1 saturated heterocycles. The van der Waals surface area contributed by atoms with Gasteiger partial charge in [-0.3, -0.25) is 0 Å². The van der Waals surface area contributed by atoms with Crippen LogP contribution in [0.1, 0.15) is 19.8 Å². The average Bonchev–Trinajstić information content (AvgIpc) is 2.61. The Kier molecular flexibility index (Phi) is 1.72. The summed E-state index contributed by atoms with van der Waals surface area (Å²) in [5.74, 6) is 0. The summed E-state index contributed by atoms with van der Waals surface area (Å²) in [5, 5.41) is 9.26. The second kappa shape index (κ2) is 2.44. The summed E-state index contributed by atoms with van der Waals surface area (Å²) in [6.07, 6.45) is 2.41. The van der Waals surface area contributed by atoms with Crippen molar-refractivity contribution >= 4 is 0 Å². The quantitative estimate of drug-likeness (QED) is 0.620. The molecule has 3 N–H and O–H groups in total. The smallest absolute Gasteiger partial charge is 0.0610 e. The van der Waals surface area contributed by atoms with Crippen molar-refractivity contribution < 1.29 is 9.84 Å². The van der Waals surface area contributed by atoms with Crippen molar-refractivity contribution in [3.05, 3.63) is 0 Å². The average molecular weight is 171 g/mol. The van der Waals surface area contributed by atoms with Crippen LogP contribution in [-0.2, 0) is 4.74 Å². The molecule has 0 aromatic heterocycles. The van der Waals surface area contributed by atoms with Crippen LogP contribution in [0, 0.1) is 10.8 Å². The molecule has 0 bridgehead atoms. The van der Waals surface area contributed by atoms with Crippen molar-refractivity contribution in [2.75, 3.05) is 19.8 Å². The minimum Gasteiger partial charge on any atom is -0.396 e. The number of aliphatic hydroxyl groups excluding tert-OH is 1. The molecule has 3 nitrogen and oxygen atoms in total. The normalized spacial score (nSPS) is 51.8. The molecule has 2 fully saturated rings. The standard InChI is InChI=1S/C9H17NO2/c1-7-9(2-3-12-7)4-8(9,5-10)6-11/h7,11H,2-6,10H2,1H3. The van der Waals surface area contributed by atoms with Gasteiger partial charge in [-0.25, -0.2) is 0 Å². The van der Waals surface area contributed by atoms with Gasteiger partial charge in [0, 0.05) is 24.0 Å². The first-order valence-electron chi connectivity index (χ1n) is 4.63. The first kappa shape index (κ1) is 8.48. The lowest BCUT2D eigenvalue weighted by Crippen LogP contribution is -2.30. The second-order valence-corrected chi connectivity index (χ2v) is 4.24. The zero-order valence-corrected chi connectivity index (χ0v) is 7.55. The molecule has 0 aromatic carbocycles. The third-order valence-electron chi connectivity index (χ3n) is 3.97. The van der Waals surface area contributed by atoms with E-state index in [1.807, 2.05) is 0 Å². The van der Waals surface area contributed by atoms with E-state index >= 15 is 0 Å². The van der Waals surface area contributed by atoms with E-state index in [2.05, 4.69) is 6.92 Å². The van der Waals surface area contributed by atoms with Gasteiger partial charge in [0.05, 0.1) is 12.7 Å². The van der Waals surface area contributed by atoms with Gasteiger partial charge in [0.25, 0.3) is 0 Å². The number of hydrogen-bond acceptors (Lipinski definition) is 3. The summed E-state index contributed by atoms with van der Waals surface area (Å²) in [6, 6.07) is 0. The molecule has 1 spiro atoms. The van der Waals surface area contributed by atoms with E-state index in [9.17, 15) is 5.11 Å². The Morgan fingerprint density at radius 2 is 2.42 bits per heavy atom. The fourth-order valence-electron chi connectivity index (χ4n) is 2.82. The molecule has 3 atom stereocenters. The summed E-state index contributed by atoms with van der Waals surface area (Å²) in [5.41, 5.74) is 5.89. The third kappa shape index (κ3) is 0.767. The monoisotopic (exact) mass is 171 g/mol. The first-order chi connectivity index (χ1) is 5.71. The Hall–Kier alpha value is -0.120. The fourth-order valence-corrected chi connectivity index (χ4v) is 2.82. The van der Waals surface area contributed by atoms with Crippen LogP contribution in [0.3, 0.4) is 0 Å². The molecule has 2 rings (SSSR count). The van der Waals surface area contributed by atoms with Gasteiger partial charge in [0.1, 0.15) is 0 Å². The molecule has 1 aliphatic carbocycles. The summed E-state index contributed by atoms with van der Waals surface area (Å²) >= 11 is 0. The second-order valence-electron chi connectivity index (χ2n) is 4.24. The Morgan fingerprint density at radius 1 is 1.67 bits per heavy atom. The van der Waals surface area contributed by atoms with Crippen LogP contribution in [0.25, 0.3) is 0 Å². The zero-order chi connectivity index (χ0) is 8.82. The van der Waals surface area contributed by atoms with Gasteiger partial charge in [0.15, 0.2) is 0 Å². The highest BCUT2D eigenvalue weighted by Crippen LogP contribution is 2.69. The molecule has 3 heteroatoms. The molecular weight excluding hydrogens is 154 g/mol. The lowest BCUT2D eigenvalue weighted by Gasteiger charge is -2.21. The van der Waals surface area contributed by atoms with E-state index in [0.717, 1.165) is 19.4 Å². The maximum Gasteiger partial charge on any atom is 0.0610 e. The van der Waals surface area contributed by atoms with Crippen LogP contribution in [0.5, 0.6) is 0 Å². The molecule has 0 radical (unpaired) electrons. The van der Waals surface area contributed by atoms with Gasteiger partial charge >= 0.3 is 0 Å². The summed E-state index contributed by atoms with van der Waals surface area (Å²) in [4.78, 5) is 0. The van der Waals surface area contributed by atoms with Gasteiger partial charge in [-0.05, 0) is 19.8 Å². The molecule has 0 aromatic rings. The molecule has 1 saturated carbocycles. The predicted octanol–water partition coefficient (Wildman–Crippen LogP) is 0.123. The van der Waals surface area contributed by atoms with Crippen LogP contribution in [0.4, 0.5) is 0 Å².